The number of aromatic nitrogens is 1. The van der Waals surface area contributed by atoms with Crippen molar-refractivity contribution in [2.45, 2.75) is 13.5 Å². The van der Waals surface area contributed by atoms with Gasteiger partial charge in [-0.2, -0.15) is 0 Å². The molecule has 0 saturated carbocycles. The third-order valence-electron chi connectivity index (χ3n) is 4.50. The van der Waals surface area contributed by atoms with E-state index in [9.17, 15) is 9.59 Å². The molecule has 29 heavy (non-hydrogen) atoms. The smallest absolute Gasteiger partial charge is 0.270 e. The standard InChI is InChI=1S/C23H23N3O3/c1-3-26(19-10-5-4-6-11-19)23(28)17-13-14-24-20(15-17)22(27)25-16-18-9-7-8-12-21(18)29-2/h4-15H,3,16H2,1-2H3,(H,25,27). The van der Waals surface area contributed by atoms with Crippen molar-refractivity contribution in [3.05, 3.63) is 89.7 Å². The zero-order valence-electron chi connectivity index (χ0n) is 16.5. The molecule has 0 aliphatic rings. The lowest BCUT2D eigenvalue weighted by molar-refractivity contribution is 0.0945. The number of ether oxygens (including phenoxy) is 1. The van der Waals surface area contributed by atoms with Gasteiger partial charge < -0.3 is 15.0 Å². The van der Waals surface area contributed by atoms with Crippen molar-refractivity contribution in [2.75, 3.05) is 18.6 Å². The predicted octanol–water partition coefficient (Wildman–Crippen LogP) is 3.69. The second-order valence-corrected chi connectivity index (χ2v) is 6.31. The van der Waals surface area contributed by atoms with Crippen molar-refractivity contribution in [2.24, 2.45) is 0 Å². The van der Waals surface area contributed by atoms with Gasteiger partial charge in [0.05, 0.1) is 7.11 Å². The van der Waals surface area contributed by atoms with Gasteiger partial charge in [-0.1, -0.05) is 36.4 Å². The summed E-state index contributed by atoms with van der Waals surface area (Å²) in [4.78, 5) is 31.3. The van der Waals surface area contributed by atoms with E-state index < -0.39 is 0 Å². The quantitative estimate of drug-likeness (QED) is 0.669. The van der Waals surface area contributed by atoms with Crippen LogP contribution in [-0.2, 0) is 6.54 Å². The number of rotatable bonds is 7. The van der Waals surface area contributed by atoms with E-state index in [1.807, 2.05) is 61.5 Å². The number of hydrogen-bond donors (Lipinski definition) is 1. The van der Waals surface area contributed by atoms with Crippen LogP contribution in [0.15, 0.2) is 72.9 Å². The van der Waals surface area contributed by atoms with E-state index in [0.717, 1.165) is 11.3 Å². The highest BCUT2D eigenvalue weighted by molar-refractivity contribution is 6.07. The lowest BCUT2D eigenvalue weighted by Crippen LogP contribution is -2.31. The van der Waals surface area contributed by atoms with Crippen LogP contribution < -0.4 is 15.0 Å². The molecule has 1 aromatic heterocycles. The van der Waals surface area contributed by atoms with Crippen LogP contribution in [0.3, 0.4) is 0 Å². The van der Waals surface area contributed by atoms with Gasteiger partial charge in [0.2, 0.25) is 0 Å². The molecule has 148 valence electrons. The van der Waals surface area contributed by atoms with Crippen molar-refractivity contribution in [1.29, 1.82) is 0 Å². The number of hydrogen-bond acceptors (Lipinski definition) is 4. The molecule has 3 rings (SSSR count). The Morgan fingerprint density at radius 3 is 2.48 bits per heavy atom. The molecule has 0 fully saturated rings. The first-order valence-electron chi connectivity index (χ1n) is 9.37. The van der Waals surface area contributed by atoms with Crippen LogP contribution >= 0.6 is 0 Å². The van der Waals surface area contributed by atoms with E-state index in [-0.39, 0.29) is 17.5 Å². The summed E-state index contributed by atoms with van der Waals surface area (Å²) in [7, 11) is 1.59. The van der Waals surface area contributed by atoms with Gasteiger partial charge in [-0.25, -0.2) is 0 Å². The van der Waals surface area contributed by atoms with Crippen LogP contribution in [-0.4, -0.2) is 30.5 Å². The summed E-state index contributed by atoms with van der Waals surface area (Å²) in [5, 5.41) is 2.82. The number of carbonyl (C=O) groups excluding carboxylic acids is 2. The molecule has 0 radical (unpaired) electrons. The minimum Gasteiger partial charge on any atom is -0.496 e. The Morgan fingerprint density at radius 1 is 1.03 bits per heavy atom. The third-order valence-corrected chi connectivity index (χ3v) is 4.50. The average Bonchev–Trinajstić information content (AvgIpc) is 2.79. The summed E-state index contributed by atoms with van der Waals surface area (Å²) in [6.45, 7) is 2.72. The van der Waals surface area contributed by atoms with Gasteiger partial charge in [0.25, 0.3) is 11.8 Å². The van der Waals surface area contributed by atoms with Gasteiger partial charge in [-0.05, 0) is 37.3 Å². The van der Waals surface area contributed by atoms with E-state index in [1.54, 1.807) is 18.1 Å². The zero-order valence-corrected chi connectivity index (χ0v) is 16.5. The molecule has 1 N–H and O–H groups in total. The van der Waals surface area contributed by atoms with E-state index in [2.05, 4.69) is 10.3 Å². The molecule has 1 heterocycles. The first kappa shape index (κ1) is 20.1. The first-order valence-corrected chi connectivity index (χ1v) is 9.37. The summed E-state index contributed by atoms with van der Waals surface area (Å²) in [6, 6.07) is 20.0. The molecule has 0 saturated heterocycles. The number of nitrogens with one attached hydrogen (secondary N) is 1. The highest BCUT2D eigenvalue weighted by Gasteiger charge is 2.18. The monoisotopic (exact) mass is 389 g/mol. The predicted molar refractivity (Wildman–Crippen MR) is 112 cm³/mol. The molecular weight excluding hydrogens is 366 g/mol. The van der Waals surface area contributed by atoms with Crippen molar-refractivity contribution in [3.63, 3.8) is 0 Å². The number of benzene rings is 2. The van der Waals surface area contributed by atoms with Crippen molar-refractivity contribution >= 4 is 17.5 Å². The van der Waals surface area contributed by atoms with Crippen LogP contribution in [0, 0.1) is 0 Å². The molecule has 0 aliphatic carbocycles. The average molecular weight is 389 g/mol. The summed E-state index contributed by atoms with van der Waals surface area (Å²) < 4.78 is 5.30. The van der Waals surface area contributed by atoms with E-state index in [1.165, 1.54) is 12.3 Å². The SMILES string of the molecule is CCN(C(=O)c1ccnc(C(=O)NCc2ccccc2OC)c1)c1ccccc1. The fraction of sp³-hybridized carbons (Fsp3) is 0.174. The molecule has 0 atom stereocenters. The van der Waals surface area contributed by atoms with Gasteiger partial charge >= 0.3 is 0 Å². The van der Waals surface area contributed by atoms with Crippen molar-refractivity contribution in [1.82, 2.24) is 10.3 Å². The first-order chi connectivity index (χ1) is 14.1. The summed E-state index contributed by atoms with van der Waals surface area (Å²) >= 11 is 0. The van der Waals surface area contributed by atoms with Crippen LogP contribution in [0.5, 0.6) is 5.75 Å². The maximum atomic E-state index is 13.0. The highest BCUT2D eigenvalue weighted by atomic mass is 16.5. The Bertz CT molecular complexity index is 989. The maximum absolute atomic E-state index is 13.0. The topological polar surface area (TPSA) is 71.5 Å². The molecule has 3 aromatic rings. The molecule has 2 aromatic carbocycles. The van der Waals surface area contributed by atoms with E-state index >= 15 is 0 Å². The molecule has 0 unspecified atom stereocenters. The normalized spacial score (nSPS) is 10.3. The van der Waals surface area contributed by atoms with E-state index in [0.29, 0.717) is 24.4 Å². The van der Waals surface area contributed by atoms with Gasteiger partial charge in [-0.3, -0.25) is 14.6 Å². The van der Waals surface area contributed by atoms with Crippen molar-refractivity contribution < 1.29 is 14.3 Å². The van der Waals surface area contributed by atoms with Crippen LogP contribution in [0.2, 0.25) is 0 Å². The Kier molecular flexibility index (Phi) is 6.58. The van der Waals surface area contributed by atoms with Gasteiger partial charge in [-0.15, -0.1) is 0 Å². The molecule has 0 bridgehead atoms. The molecule has 2 amide bonds. The number of anilines is 1. The lowest BCUT2D eigenvalue weighted by Gasteiger charge is -2.21. The van der Waals surface area contributed by atoms with Crippen molar-refractivity contribution in [3.8, 4) is 5.75 Å². The molecule has 6 nitrogen and oxygen atoms in total. The van der Waals surface area contributed by atoms with Gasteiger partial charge in [0.1, 0.15) is 11.4 Å². The number of carbonyl (C=O) groups is 2. The van der Waals surface area contributed by atoms with Crippen LogP contribution in [0.4, 0.5) is 5.69 Å². The Balaban J connectivity index is 1.74. The summed E-state index contributed by atoms with van der Waals surface area (Å²) in [6.07, 6.45) is 1.48. The molecule has 0 spiro atoms. The Labute approximate surface area is 170 Å². The number of methoxy groups -OCH3 is 1. The highest BCUT2D eigenvalue weighted by Crippen LogP contribution is 2.18. The summed E-state index contributed by atoms with van der Waals surface area (Å²) in [5.41, 5.74) is 2.26. The largest absolute Gasteiger partial charge is 0.496 e. The van der Waals surface area contributed by atoms with Crippen LogP contribution in [0.1, 0.15) is 33.3 Å². The second-order valence-electron chi connectivity index (χ2n) is 6.31. The Hall–Kier alpha value is -3.67. The third kappa shape index (κ3) is 4.79. The minimum atomic E-state index is -0.353. The number of para-hydroxylation sites is 2. The number of nitrogens with zero attached hydrogens (tertiary/aromatic N) is 2. The molecule has 0 aliphatic heterocycles. The van der Waals surface area contributed by atoms with Gasteiger partial charge in [0.15, 0.2) is 0 Å². The Morgan fingerprint density at radius 2 is 1.76 bits per heavy atom. The summed E-state index contributed by atoms with van der Waals surface area (Å²) in [5.74, 6) is 0.166. The second kappa shape index (κ2) is 9.50. The van der Waals surface area contributed by atoms with Gasteiger partial charge in [0, 0.05) is 36.1 Å². The fourth-order valence-corrected chi connectivity index (χ4v) is 3.01. The number of pyridine rings is 1. The molecule has 6 heteroatoms. The maximum Gasteiger partial charge on any atom is 0.270 e. The van der Waals surface area contributed by atoms with E-state index in [4.69, 9.17) is 4.74 Å². The minimum absolute atomic E-state index is 0.181. The molecular formula is C23H23N3O3. The van der Waals surface area contributed by atoms with Crippen LogP contribution in [0.25, 0.3) is 0 Å². The lowest BCUT2D eigenvalue weighted by atomic mass is 10.1. The zero-order chi connectivity index (χ0) is 20.6. The number of amides is 2. The fourth-order valence-electron chi connectivity index (χ4n) is 3.01.